The van der Waals surface area contributed by atoms with Crippen LogP contribution in [0.1, 0.15) is 32.8 Å². The van der Waals surface area contributed by atoms with Crippen LogP contribution in [0.4, 0.5) is 0 Å². The number of H-pyrrole nitrogens is 1. The molecule has 2 rings (SSSR count). The number of aliphatic hydroxyl groups is 1. The SMILES string of the molecule is CSCCC(N)C(=O)NC(Cc1c[nH]c2ccccc12)C(=O)NC(C(=O)NC(C(=O)O)C(C)C)C(C)O. The summed E-state index contributed by atoms with van der Waals surface area (Å²) in [6.07, 6.45) is 2.81. The lowest BCUT2D eigenvalue weighted by Crippen LogP contribution is -2.60. The number of para-hydroxylation sites is 1. The summed E-state index contributed by atoms with van der Waals surface area (Å²) in [6.45, 7) is 4.56. The van der Waals surface area contributed by atoms with E-state index in [1.54, 1.807) is 31.8 Å². The Labute approximate surface area is 220 Å². The highest BCUT2D eigenvalue weighted by Gasteiger charge is 2.33. The zero-order valence-corrected chi connectivity index (χ0v) is 22.3. The van der Waals surface area contributed by atoms with E-state index in [0.29, 0.717) is 12.2 Å². The predicted molar refractivity (Wildman–Crippen MR) is 143 cm³/mol. The third kappa shape index (κ3) is 8.48. The van der Waals surface area contributed by atoms with Gasteiger partial charge < -0.3 is 36.9 Å². The maximum absolute atomic E-state index is 13.4. The molecule has 0 spiro atoms. The Hall–Kier alpha value is -3.09. The Morgan fingerprint density at radius 2 is 1.65 bits per heavy atom. The number of rotatable bonds is 14. The molecule has 0 aliphatic rings. The average Bonchev–Trinajstić information content (AvgIpc) is 3.25. The van der Waals surface area contributed by atoms with Crippen molar-refractivity contribution in [3.63, 3.8) is 0 Å². The van der Waals surface area contributed by atoms with E-state index in [9.17, 15) is 29.4 Å². The molecule has 11 nitrogen and oxygen atoms in total. The van der Waals surface area contributed by atoms with Gasteiger partial charge in [-0.15, -0.1) is 0 Å². The number of aromatic amines is 1. The molecule has 0 saturated carbocycles. The van der Waals surface area contributed by atoms with E-state index in [4.69, 9.17) is 5.73 Å². The number of thioether (sulfide) groups is 1. The molecule has 1 aromatic carbocycles. The number of aliphatic hydroxyl groups excluding tert-OH is 1. The first-order chi connectivity index (χ1) is 17.5. The molecule has 12 heteroatoms. The molecule has 1 aromatic heterocycles. The van der Waals surface area contributed by atoms with E-state index in [1.165, 1.54) is 6.92 Å². The van der Waals surface area contributed by atoms with Crippen LogP contribution in [0, 0.1) is 5.92 Å². The van der Waals surface area contributed by atoms with Gasteiger partial charge in [0.1, 0.15) is 18.1 Å². The number of aliphatic carboxylic acids is 1. The number of hydrogen-bond acceptors (Lipinski definition) is 7. The maximum Gasteiger partial charge on any atom is 0.326 e. The van der Waals surface area contributed by atoms with Crippen molar-refractivity contribution in [3.05, 3.63) is 36.0 Å². The van der Waals surface area contributed by atoms with Gasteiger partial charge in [-0.2, -0.15) is 11.8 Å². The predicted octanol–water partition coefficient (Wildman–Crippen LogP) is 0.367. The number of benzene rings is 1. The van der Waals surface area contributed by atoms with Crippen LogP contribution < -0.4 is 21.7 Å². The number of amides is 3. The van der Waals surface area contributed by atoms with Gasteiger partial charge in [-0.3, -0.25) is 14.4 Å². The second-order valence-electron chi connectivity index (χ2n) is 9.31. The van der Waals surface area contributed by atoms with Crippen molar-refractivity contribution in [2.45, 2.75) is 63.9 Å². The van der Waals surface area contributed by atoms with Gasteiger partial charge in [-0.25, -0.2) is 4.79 Å². The smallest absolute Gasteiger partial charge is 0.326 e. The third-order valence-electron chi connectivity index (χ3n) is 5.99. The van der Waals surface area contributed by atoms with Gasteiger partial charge in [0.2, 0.25) is 17.7 Å². The minimum Gasteiger partial charge on any atom is -0.480 e. The zero-order chi connectivity index (χ0) is 27.7. The lowest BCUT2D eigenvalue weighted by Gasteiger charge is -2.27. The van der Waals surface area contributed by atoms with Crippen LogP contribution in [0.3, 0.4) is 0 Å². The van der Waals surface area contributed by atoms with Crippen molar-refractivity contribution in [1.29, 1.82) is 0 Å². The fraction of sp³-hybridized carbons (Fsp3) is 0.520. The molecule has 0 aliphatic carbocycles. The standard InChI is InChI=1S/C25H37N5O6S/c1-13(2)20(25(35)36)29-24(34)21(14(3)31)30-23(33)19(28-22(32)17(26)9-10-37-4)11-15-12-27-18-8-6-5-7-16(15)18/h5-8,12-14,17,19-21,27,31H,9-11,26H2,1-4H3,(H,28,32)(H,29,34)(H,30,33)(H,35,36). The summed E-state index contributed by atoms with van der Waals surface area (Å²) in [5.74, 6) is -3.07. The summed E-state index contributed by atoms with van der Waals surface area (Å²) in [5.41, 5.74) is 7.62. The second-order valence-corrected chi connectivity index (χ2v) is 10.3. The highest BCUT2D eigenvalue weighted by atomic mass is 32.2. The number of nitrogens with two attached hydrogens (primary N) is 1. The fourth-order valence-electron chi connectivity index (χ4n) is 3.80. The number of carboxylic acid groups (broad SMARTS) is 1. The van der Waals surface area contributed by atoms with Gasteiger partial charge in [0.05, 0.1) is 12.1 Å². The van der Waals surface area contributed by atoms with Crippen molar-refractivity contribution < 1.29 is 29.4 Å². The monoisotopic (exact) mass is 535 g/mol. The van der Waals surface area contributed by atoms with Gasteiger partial charge in [0.15, 0.2) is 0 Å². The largest absolute Gasteiger partial charge is 0.480 e. The van der Waals surface area contributed by atoms with Crippen molar-refractivity contribution in [1.82, 2.24) is 20.9 Å². The first kappa shape index (κ1) is 30.1. The molecule has 0 fully saturated rings. The molecular formula is C25H37N5O6S. The summed E-state index contributed by atoms with van der Waals surface area (Å²) in [5, 5.41) is 28.0. The van der Waals surface area contributed by atoms with Crippen molar-refractivity contribution in [2.75, 3.05) is 12.0 Å². The van der Waals surface area contributed by atoms with E-state index in [1.807, 2.05) is 30.5 Å². The molecule has 3 amide bonds. The molecule has 0 radical (unpaired) electrons. The lowest BCUT2D eigenvalue weighted by molar-refractivity contribution is -0.144. The number of fused-ring (bicyclic) bond motifs is 1. The average molecular weight is 536 g/mol. The molecule has 0 aliphatic heterocycles. The van der Waals surface area contributed by atoms with E-state index < -0.39 is 59.9 Å². The van der Waals surface area contributed by atoms with Crippen LogP contribution in [0.2, 0.25) is 0 Å². The molecule has 0 saturated heterocycles. The van der Waals surface area contributed by atoms with Gasteiger partial charge in [0.25, 0.3) is 0 Å². The molecule has 37 heavy (non-hydrogen) atoms. The second kappa shape index (κ2) is 14.0. The maximum atomic E-state index is 13.4. The molecule has 0 bridgehead atoms. The van der Waals surface area contributed by atoms with Crippen LogP contribution in [-0.4, -0.2) is 81.2 Å². The molecule has 5 atom stereocenters. The first-order valence-electron chi connectivity index (χ1n) is 12.1. The molecule has 8 N–H and O–H groups in total. The Morgan fingerprint density at radius 1 is 1.00 bits per heavy atom. The zero-order valence-electron chi connectivity index (χ0n) is 21.5. The molecule has 1 heterocycles. The number of carboxylic acids is 1. The minimum absolute atomic E-state index is 0.0920. The molecule has 5 unspecified atom stereocenters. The first-order valence-corrected chi connectivity index (χ1v) is 13.5. The van der Waals surface area contributed by atoms with Crippen LogP contribution in [0.5, 0.6) is 0 Å². The van der Waals surface area contributed by atoms with Gasteiger partial charge >= 0.3 is 5.97 Å². The van der Waals surface area contributed by atoms with Crippen molar-refractivity contribution >= 4 is 46.4 Å². The molecule has 2 aromatic rings. The Bertz CT molecular complexity index is 1090. The number of carbonyl (C=O) groups excluding carboxylic acids is 3. The summed E-state index contributed by atoms with van der Waals surface area (Å²) < 4.78 is 0. The Morgan fingerprint density at radius 3 is 2.24 bits per heavy atom. The van der Waals surface area contributed by atoms with Crippen LogP contribution >= 0.6 is 11.8 Å². The fourth-order valence-corrected chi connectivity index (χ4v) is 4.29. The van der Waals surface area contributed by atoms with E-state index in [0.717, 1.165) is 16.5 Å². The topological polar surface area (TPSA) is 187 Å². The van der Waals surface area contributed by atoms with E-state index in [-0.39, 0.29) is 6.42 Å². The highest BCUT2D eigenvalue weighted by Crippen LogP contribution is 2.19. The Balaban J connectivity index is 2.28. The summed E-state index contributed by atoms with van der Waals surface area (Å²) in [7, 11) is 0. The minimum atomic E-state index is -1.44. The normalized spacial score (nSPS) is 15.4. The lowest BCUT2D eigenvalue weighted by atomic mass is 10.0. The summed E-state index contributed by atoms with van der Waals surface area (Å²) in [4.78, 5) is 53.6. The third-order valence-corrected chi connectivity index (χ3v) is 6.64. The van der Waals surface area contributed by atoms with Gasteiger partial charge in [0, 0.05) is 23.5 Å². The van der Waals surface area contributed by atoms with Crippen molar-refractivity contribution in [2.24, 2.45) is 11.7 Å². The molecule has 204 valence electrons. The van der Waals surface area contributed by atoms with E-state index >= 15 is 0 Å². The Kier molecular flexibility index (Phi) is 11.4. The number of hydrogen-bond donors (Lipinski definition) is 7. The molecular weight excluding hydrogens is 498 g/mol. The van der Waals surface area contributed by atoms with Gasteiger partial charge in [-0.05, 0) is 42.9 Å². The number of carbonyl (C=O) groups is 4. The van der Waals surface area contributed by atoms with Crippen LogP contribution in [0.15, 0.2) is 30.5 Å². The quantitative estimate of drug-likeness (QED) is 0.181. The number of aromatic nitrogens is 1. The summed E-state index contributed by atoms with van der Waals surface area (Å²) in [6, 6.07) is 2.89. The highest BCUT2D eigenvalue weighted by molar-refractivity contribution is 7.98. The van der Waals surface area contributed by atoms with Crippen LogP contribution in [0.25, 0.3) is 10.9 Å². The summed E-state index contributed by atoms with van der Waals surface area (Å²) >= 11 is 1.54. The van der Waals surface area contributed by atoms with Crippen molar-refractivity contribution in [3.8, 4) is 0 Å². The van der Waals surface area contributed by atoms with E-state index in [2.05, 4.69) is 20.9 Å². The van der Waals surface area contributed by atoms with Gasteiger partial charge in [-0.1, -0.05) is 32.0 Å². The van der Waals surface area contributed by atoms with Crippen LogP contribution in [-0.2, 0) is 25.6 Å². The number of nitrogens with one attached hydrogen (secondary N) is 4.